The van der Waals surface area contributed by atoms with Crippen LogP contribution in [0.4, 0.5) is 18.9 Å². The van der Waals surface area contributed by atoms with Crippen molar-refractivity contribution in [1.29, 1.82) is 0 Å². The Morgan fingerprint density at radius 2 is 2.18 bits per heavy atom. The molecule has 94 valence electrons. The van der Waals surface area contributed by atoms with Crippen LogP contribution >= 0.6 is 22.6 Å². The van der Waals surface area contributed by atoms with Gasteiger partial charge in [0.15, 0.2) is 0 Å². The van der Waals surface area contributed by atoms with Crippen molar-refractivity contribution in [3.05, 3.63) is 22.0 Å². The van der Waals surface area contributed by atoms with E-state index in [-0.39, 0.29) is 6.54 Å². The van der Waals surface area contributed by atoms with E-state index in [1.54, 1.807) is 23.2 Å². The molecule has 7 heteroatoms. The molecule has 17 heavy (non-hydrogen) atoms. The van der Waals surface area contributed by atoms with Crippen LogP contribution in [-0.4, -0.2) is 36.8 Å². The molecule has 1 aliphatic rings. The van der Waals surface area contributed by atoms with Crippen molar-refractivity contribution in [1.82, 2.24) is 10.3 Å². The number of alkyl halides is 3. The first-order valence-corrected chi connectivity index (χ1v) is 6.21. The van der Waals surface area contributed by atoms with Crippen LogP contribution in [0.3, 0.4) is 0 Å². The van der Waals surface area contributed by atoms with E-state index >= 15 is 0 Å². The number of rotatable bonds is 1. The van der Waals surface area contributed by atoms with Crippen molar-refractivity contribution >= 4 is 28.3 Å². The maximum Gasteiger partial charge on any atom is 0.405 e. The molecule has 1 aromatic heterocycles. The van der Waals surface area contributed by atoms with Crippen molar-refractivity contribution < 1.29 is 13.2 Å². The van der Waals surface area contributed by atoms with E-state index in [2.05, 4.69) is 32.9 Å². The number of nitrogens with one attached hydrogen (secondary N) is 1. The van der Waals surface area contributed by atoms with Gasteiger partial charge >= 0.3 is 6.18 Å². The van der Waals surface area contributed by atoms with E-state index < -0.39 is 12.2 Å². The third kappa shape index (κ3) is 3.21. The van der Waals surface area contributed by atoms with Gasteiger partial charge in [-0.25, -0.2) is 4.98 Å². The molecule has 1 aliphatic heterocycles. The quantitative estimate of drug-likeness (QED) is 0.616. The summed E-state index contributed by atoms with van der Waals surface area (Å²) >= 11 is 2.06. The second kappa shape index (κ2) is 4.97. The minimum atomic E-state index is -4.20. The first-order valence-electron chi connectivity index (χ1n) is 5.13. The highest BCUT2D eigenvalue weighted by atomic mass is 127. The average Bonchev–Trinajstić information content (AvgIpc) is 2.29. The van der Waals surface area contributed by atoms with Gasteiger partial charge in [-0.3, -0.25) is 0 Å². The molecule has 0 amide bonds. The Labute approximate surface area is 111 Å². The van der Waals surface area contributed by atoms with Crippen LogP contribution in [-0.2, 0) is 0 Å². The molecule has 1 aromatic rings. The lowest BCUT2D eigenvalue weighted by atomic mass is 10.2. The predicted octanol–water partition coefficient (Wildman–Crippen LogP) is 2.03. The van der Waals surface area contributed by atoms with E-state index in [0.717, 1.165) is 9.39 Å². The van der Waals surface area contributed by atoms with Crippen molar-refractivity contribution in [2.24, 2.45) is 0 Å². The van der Waals surface area contributed by atoms with Crippen LogP contribution in [0.1, 0.15) is 0 Å². The fourth-order valence-electron chi connectivity index (χ4n) is 1.76. The third-order valence-electron chi connectivity index (χ3n) is 2.65. The molecule has 1 atom stereocenters. The molecule has 3 nitrogen and oxygen atoms in total. The van der Waals surface area contributed by atoms with Gasteiger partial charge in [0.05, 0.1) is 11.9 Å². The fourth-order valence-corrected chi connectivity index (χ4v) is 2.08. The summed E-state index contributed by atoms with van der Waals surface area (Å²) in [7, 11) is 0. The summed E-state index contributed by atoms with van der Waals surface area (Å²) in [6.45, 7) is 0.830. The van der Waals surface area contributed by atoms with Crippen molar-refractivity contribution in [3.8, 4) is 0 Å². The summed E-state index contributed by atoms with van der Waals surface area (Å²) in [6.07, 6.45) is -2.59. The zero-order valence-electron chi connectivity index (χ0n) is 8.84. The van der Waals surface area contributed by atoms with Gasteiger partial charge < -0.3 is 10.2 Å². The molecule has 2 heterocycles. The number of pyridine rings is 1. The Bertz CT molecular complexity index is 379. The Morgan fingerprint density at radius 1 is 1.41 bits per heavy atom. The first-order chi connectivity index (χ1) is 7.97. The third-order valence-corrected chi connectivity index (χ3v) is 3.29. The van der Waals surface area contributed by atoms with Gasteiger partial charge in [0.2, 0.25) is 0 Å². The zero-order chi connectivity index (χ0) is 12.5. The number of hydrogen-bond acceptors (Lipinski definition) is 3. The van der Waals surface area contributed by atoms with Crippen LogP contribution in [0.2, 0.25) is 0 Å². The Kier molecular flexibility index (Phi) is 3.76. The van der Waals surface area contributed by atoms with Gasteiger partial charge in [0, 0.05) is 19.6 Å². The standard InChI is InChI=1S/C10H11F3IN3/c11-10(12,13)8-6-17(4-3-15-8)7-1-2-9(14)16-5-7/h1-2,5,8,15H,3-4,6H2. The fraction of sp³-hybridized carbons (Fsp3) is 0.500. The molecule has 2 rings (SSSR count). The molecule has 0 aliphatic carbocycles. The number of piperazine rings is 1. The number of nitrogens with zero attached hydrogens (tertiary/aromatic N) is 2. The lowest BCUT2D eigenvalue weighted by molar-refractivity contribution is -0.155. The molecule has 0 aromatic carbocycles. The number of anilines is 1. The van der Waals surface area contributed by atoms with Gasteiger partial charge in [-0.2, -0.15) is 13.2 Å². The van der Waals surface area contributed by atoms with Crippen molar-refractivity contribution in [2.45, 2.75) is 12.2 Å². The Balaban J connectivity index is 2.09. The monoisotopic (exact) mass is 357 g/mol. The second-order valence-corrected chi connectivity index (χ2v) is 4.94. The largest absolute Gasteiger partial charge is 0.405 e. The molecular weight excluding hydrogens is 346 g/mol. The normalized spacial score (nSPS) is 21.6. The summed E-state index contributed by atoms with van der Waals surface area (Å²) in [6, 6.07) is 2.13. The summed E-state index contributed by atoms with van der Waals surface area (Å²) in [4.78, 5) is 5.79. The lowest BCUT2D eigenvalue weighted by Gasteiger charge is -2.35. The molecule has 1 fully saturated rings. The van der Waals surface area contributed by atoms with Gasteiger partial charge in [0.1, 0.15) is 9.74 Å². The average molecular weight is 357 g/mol. The Hall–Kier alpha value is -0.570. The predicted molar refractivity (Wildman–Crippen MR) is 67.0 cm³/mol. The maximum atomic E-state index is 12.6. The summed E-state index contributed by atoms with van der Waals surface area (Å²) in [5.74, 6) is 0. The summed E-state index contributed by atoms with van der Waals surface area (Å²) < 4.78 is 38.6. The first kappa shape index (κ1) is 12.9. The summed E-state index contributed by atoms with van der Waals surface area (Å²) in [5.41, 5.74) is 0.737. The number of hydrogen-bond donors (Lipinski definition) is 1. The van der Waals surface area contributed by atoms with Crippen LogP contribution in [0, 0.1) is 3.70 Å². The minimum absolute atomic E-state index is 0.0637. The number of halogens is 4. The maximum absolute atomic E-state index is 12.6. The van der Waals surface area contributed by atoms with Crippen LogP contribution < -0.4 is 10.2 Å². The van der Waals surface area contributed by atoms with E-state index in [1.165, 1.54) is 0 Å². The van der Waals surface area contributed by atoms with E-state index in [9.17, 15) is 13.2 Å². The van der Waals surface area contributed by atoms with Crippen LogP contribution in [0.25, 0.3) is 0 Å². The minimum Gasteiger partial charge on any atom is -0.367 e. The highest BCUT2D eigenvalue weighted by Gasteiger charge is 2.41. The summed E-state index contributed by atoms with van der Waals surface area (Å²) in [5, 5.41) is 2.48. The highest BCUT2D eigenvalue weighted by Crippen LogP contribution is 2.24. The van der Waals surface area contributed by atoms with Crippen LogP contribution in [0.15, 0.2) is 18.3 Å². The van der Waals surface area contributed by atoms with Gasteiger partial charge in [-0.15, -0.1) is 0 Å². The van der Waals surface area contributed by atoms with E-state index in [4.69, 9.17) is 0 Å². The SMILES string of the molecule is FC(F)(F)C1CN(c2ccc(I)nc2)CCN1. The van der Waals surface area contributed by atoms with Crippen molar-refractivity contribution in [3.63, 3.8) is 0 Å². The van der Waals surface area contributed by atoms with Gasteiger partial charge in [-0.05, 0) is 34.7 Å². The number of aromatic nitrogens is 1. The van der Waals surface area contributed by atoms with E-state index in [1.807, 2.05) is 0 Å². The smallest absolute Gasteiger partial charge is 0.367 e. The van der Waals surface area contributed by atoms with Crippen LogP contribution in [0.5, 0.6) is 0 Å². The zero-order valence-corrected chi connectivity index (χ0v) is 11.0. The lowest BCUT2D eigenvalue weighted by Crippen LogP contribution is -2.57. The second-order valence-electron chi connectivity index (χ2n) is 3.83. The van der Waals surface area contributed by atoms with E-state index in [0.29, 0.717) is 13.1 Å². The molecule has 0 bridgehead atoms. The molecule has 0 radical (unpaired) electrons. The van der Waals surface area contributed by atoms with Gasteiger partial charge in [0.25, 0.3) is 0 Å². The van der Waals surface area contributed by atoms with Crippen molar-refractivity contribution in [2.75, 3.05) is 24.5 Å². The molecule has 1 N–H and O–H groups in total. The highest BCUT2D eigenvalue weighted by molar-refractivity contribution is 14.1. The Morgan fingerprint density at radius 3 is 2.76 bits per heavy atom. The topological polar surface area (TPSA) is 28.2 Å². The molecule has 1 saturated heterocycles. The van der Waals surface area contributed by atoms with Gasteiger partial charge in [-0.1, -0.05) is 0 Å². The molecule has 0 spiro atoms. The molecule has 0 saturated carbocycles. The molecular formula is C10H11F3IN3. The molecule has 1 unspecified atom stereocenters.